The quantitative estimate of drug-likeness (QED) is 0.0445. The Morgan fingerprint density at radius 1 is 0.364 bits per heavy atom. The molecule has 7 heteroatoms. The SMILES string of the molecule is CCCCCC(C)(C)CCC(C)[P+](CCCC)(CCCC)CCCC.CCCCCC(C)(C)CCC(C)[P+](CCCC)(CCCC)CCCC.[Cl][Co-2]([Cl])([Cl])[Cl]. The fourth-order valence-electron chi connectivity index (χ4n) is 8.54. The van der Waals surface area contributed by atoms with Crippen molar-refractivity contribution in [3.8, 4) is 0 Å². The van der Waals surface area contributed by atoms with Gasteiger partial charge >= 0.3 is 49.6 Å². The first-order chi connectivity index (χ1) is 25.7. The van der Waals surface area contributed by atoms with Crippen LogP contribution < -0.4 is 0 Å². The van der Waals surface area contributed by atoms with Gasteiger partial charge in [-0.2, -0.15) is 0 Å². The molecule has 0 aliphatic heterocycles. The summed E-state index contributed by atoms with van der Waals surface area (Å²) in [5, 5.41) is 0. The third-order valence-electron chi connectivity index (χ3n) is 13.0. The Morgan fingerprint density at radius 2 is 0.564 bits per heavy atom. The average molecular weight is 944 g/mol. The molecule has 0 aliphatic rings. The topological polar surface area (TPSA) is 0 Å². The van der Waals surface area contributed by atoms with Crippen LogP contribution in [0.25, 0.3) is 0 Å². The first-order valence-electron chi connectivity index (χ1n) is 24.0. The van der Waals surface area contributed by atoms with E-state index in [9.17, 15) is 0 Å². The molecule has 2 atom stereocenters. The van der Waals surface area contributed by atoms with E-state index in [0.29, 0.717) is 10.8 Å². The Labute approximate surface area is 371 Å². The third kappa shape index (κ3) is 35.8. The molecule has 0 aliphatic carbocycles. The van der Waals surface area contributed by atoms with Crippen molar-refractivity contribution in [3.05, 3.63) is 0 Å². The van der Waals surface area contributed by atoms with Crippen molar-refractivity contribution >= 4 is 55.1 Å². The maximum atomic E-state index is 4.94. The first-order valence-corrected chi connectivity index (χ1v) is 34.5. The molecule has 2 unspecified atom stereocenters. The van der Waals surface area contributed by atoms with Crippen LogP contribution >= 0.6 is 55.1 Å². The maximum absolute atomic E-state index is 4.94. The van der Waals surface area contributed by atoms with Gasteiger partial charge in [-0.15, -0.1) is 0 Å². The zero-order chi connectivity index (χ0) is 42.9. The van der Waals surface area contributed by atoms with Crippen molar-refractivity contribution in [2.75, 3.05) is 37.0 Å². The van der Waals surface area contributed by atoms with Crippen LogP contribution in [0.4, 0.5) is 0 Å². The second-order valence-electron chi connectivity index (χ2n) is 19.2. The van der Waals surface area contributed by atoms with E-state index in [1.54, 1.807) is 37.0 Å². The molecule has 0 heterocycles. The zero-order valence-corrected chi connectivity index (χ0v) is 46.0. The van der Waals surface area contributed by atoms with Crippen molar-refractivity contribution in [1.29, 1.82) is 0 Å². The Bertz CT molecular complexity index is 707. The van der Waals surface area contributed by atoms with Gasteiger partial charge in [-0.3, -0.25) is 0 Å². The van der Waals surface area contributed by atoms with Gasteiger partial charge in [0.15, 0.2) is 0 Å². The Balaban J connectivity index is -0.000000874. The summed E-state index contributed by atoms with van der Waals surface area (Å²) in [5.74, 6) is 0. The summed E-state index contributed by atoms with van der Waals surface area (Å²) in [5.41, 5.74) is 3.11. The van der Waals surface area contributed by atoms with E-state index >= 15 is 0 Å². The molecule has 0 amide bonds. The number of hydrogen-bond donors (Lipinski definition) is 0. The molecule has 0 bridgehead atoms. The number of unbranched alkanes of at least 4 members (excludes halogenated alkanes) is 10. The predicted octanol–water partition coefficient (Wildman–Crippen LogP) is 21.1. The van der Waals surface area contributed by atoms with Crippen molar-refractivity contribution < 1.29 is 9.01 Å². The predicted molar refractivity (Wildman–Crippen MR) is 269 cm³/mol. The van der Waals surface area contributed by atoms with Crippen LogP contribution in [0.15, 0.2) is 0 Å². The van der Waals surface area contributed by atoms with Gasteiger partial charge in [-0.25, -0.2) is 0 Å². The molecule has 0 aromatic carbocycles. The zero-order valence-electron chi connectivity index (χ0n) is 40.1. The van der Waals surface area contributed by atoms with Gasteiger partial charge in [0.1, 0.15) is 0 Å². The van der Waals surface area contributed by atoms with Gasteiger partial charge < -0.3 is 0 Å². The molecule has 0 nitrogen and oxygen atoms in total. The molecule has 55 heavy (non-hydrogen) atoms. The van der Waals surface area contributed by atoms with Gasteiger partial charge in [0.25, 0.3) is 0 Å². The average Bonchev–Trinajstić information content (AvgIpc) is 3.12. The third-order valence-corrected chi connectivity index (χ3v) is 24.5. The molecule has 0 aromatic heterocycles. The molecule has 0 fully saturated rings. The molecule has 0 saturated carbocycles. The molecule has 0 rings (SSSR count). The van der Waals surface area contributed by atoms with Gasteiger partial charge in [0, 0.05) is 14.5 Å². The van der Waals surface area contributed by atoms with Gasteiger partial charge in [0.2, 0.25) is 0 Å². The monoisotopic (exact) mass is 942 g/mol. The molecule has 0 spiro atoms. The minimum atomic E-state index is -2.49. The summed E-state index contributed by atoms with van der Waals surface area (Å²) in [4.78, 5) is 0. The summed E-state index contributed by atoms with van der Waals surface area (Å²) in [6.45, 7) is 34.4. The van der Waals surface area contributed by atoms with Crippen LogP contribution in [0.5, 0.6) is 0 Å². The van der Waals surface area contributed by atoms with Crippen LogP contribution in [0.1, 0.15) is 251 Å². The second-order valence-corrected chi connectivity index (χ2v) is 38.8. The van der Waals surface area contributed by atoms with Crippen LogP contribution in [-0.2, 0) is 9.01 Å². The molecule has 0 N–H and O–H groups in total. The standard InChI is InChI=1S/2C24H52P.4ClH.Co/c2*1-8-12-16-18-24(6,7)19-17-23(5)25(20-13-9-2,21-14-10-3)22-15-11-4;;;;;/h2*23H,8-22H2,1-7H3;4*1H;/q2*+1;;;;;+2/p-4. The van der Waals surface area contributed by atoms with E-state index in [0.717, 1.165) is 11.3 Å². The first kappa shape index (κ1) is 61.8. The minimum absolute atomic E-state index is 0.555. The van der Waals surface area contributed by atoms with E-state index in [4.69, 9.17) is 40.6 Å². The number of hydrogen-bond acceptors (Lipinski definition) is 0. The van der Waals surface area contributed by atoms with Crippen LogP contribution in [0.3, 0.4) is 0 Å². The molecular weight excluding hydrogens is 839 g/mol. The Kier molecular flexibility index (Phi) is 41.7. The van der Waals surface area contributed by atoms with E-state index in [-0.39, 0.29) is 0 Å². The molecule has 0 aromatic rings. The normalized spacial score (nSPS) is 14.1. The van der Waals surface area contributed by atoms with Gasteiger partial charge in [-0.05, 0) is 102 Å². The molecule has 343 valence electrons. The number of halogens is 4. The Morgan fingerprint density at radius 3 is 0.745 bits per heavy atom. The van der Waals surface area contributed by atoms with Crippen LogP contribution in [0, 0.1) is 10.8 Å². The molecule has 0 saturated heterocycles. The number of rotatable bonds is 34. The summed E-state index contributed by atoms with van der Waals surface area (Å²) in [6.07, 6.45) is 43.8. The second kappa shape index (κ2) is 37.1. The van der Waals surface area contributed by atoms with Gasteiger partial charge in [-0.1, -0.05) is 160 Å². The summed E-state index contributed by atoms with van der Waals surface area (Å²) in [6, 6.07) is 0. The molecular formula is C48H104Cl4CoP2. The van der Waals surface area contributed by atoms with E-state index in [1.807, 2.05) is 0 Å². The van der Waals surface area contributed by atoms with Gasteiger partial charge in [0.05, 0.1) is 48.3 Å². The van der Waals surface area contributed by atoms with E-state index in [2.05, 4.69) is 96.9 Å². The van der Waals surface area contributed by atoms with Crippen LogP contribution in [-0.4, -0.2) is 48.3 Å². The summed E-state index contributed by atoms with van der Waals surface area (Å²) >= 11 is 0. The van der Waals surface area contributed by atoms with Crippen molar-refractivity contribution in [3.63, 3.8) is 0 Å². The summed E-state index contributed by atoms with van der Waals surface area (Å²) < 4.78 is 0. The van der Waals surface area contributed by atoms with E-state index < -0.39 is 23.5 Å². The fraction of sp³-hybridized carbons (Fsp3) is 1.00. The van der Waals surface area contributed by atoms with Crippen molar-refractivity contribution in [2.45, 2.75) is 262 Å². The van der Waals surface area contributed by atoms with Crippen molar-refractivity contribution in [2.24, 2.45) is 10.8 Å². The van der Waals surface area contributed by atoms with Crippen LogP contribution in [0.2, 0.25) is 0 Å². The van der Waals surface area contributed by atoms with Crippen molar-refractivity contribution in [1.82, 2.24) is 0 Å². The molecule has 0 radical (unpaired) electrons. The Hall–Kier alpha value is 2.53. The fourth-order valence-corrected chi connectivity index (χ4v) is 19.6. The van der Waals surface area contributed by atoms with E-state index in [1.165, 1.54) is 154 Å². The summed E-state index contributed by atoms with van der Waals surface area (Å²) in [7, 11) is 15.7.